The van der Waals surface area contributed by atoms with E-state index in [2.05, 4.69) is 4.98 Å². The highest BCUT2D eigenvalue weighted by molar-refractivity contribution is 7.89. The fourth-order valence-corrected chi connectivity index (χ4v) is 5.29. The molecule has 0 saturated carbocycles. The molecule has 142 valence electrons. The average molecular weight is 412 g/mol. The maximum absolute atomic E-state index is 12.8. The Labute approximate surface area is 166 Å². The molecule has 0 atom stereocenters. The number of piperazine rings is 1. The van der Waals surface area contributed by atoms with Crippen molar-refractivity contribution in [3.8, 4) is 6.07 Å². The smallest absolute Gasteiger partial charge is 0.253 e. The second-order valence-electron chi connectivity index (χ2n) is 6.37. The van der Waals surface area contributed by atoms with Gasteiger partial charge in [0.1, 0.15) is 0 Å². The van der Waals surface area contributed by atoms with Crippen LogP contribution in [-0.4, -0.2) is 54.7 Å². The summed E-state index contributed by atoms with van der Waals surface area (Å²) >= 11 is 1.48. The van der Waals surface area contributed by atoms with E-state index >= 15 is 0 Å². The number of nitriles is 1. The van der Waals surface area contributed by atoms with Gasteiger partial charge in [0.2, 0.25) is 10.0 Å². The maximum Gasteiger partial charge on any atom is 0.253 e. The third-order valence-corrected chi connectivity index (χ3v) is 7.43. The molecule has 28 heavy (non-hydrogen) atoms. The van der Waals surface area contributed by atoms with Crippen molar-refractivity contribution < 1.29 is 13.2 Å². The van der Waals surface area contributed by atoms with Crippen LogP contribution >= 0.6 is 11.3 Å². The number of fused-ring (bicyclic) bond motifs is 1. The fourth-order valence-electron chi connectivity index (χ4n) is 3.15. The summed E-state index contributed by atoms with van der Waals surface area (Å²) < 4.78 is 27.9. The molecule has 0 spiro atoms. The van der Waals surface area contributed by atoms with Gasteiger partial charge in [-0.2, -0.15) is 9.57 Å². The van der Waals surface area contributed by atoms with Gasteiger partial charge in [-0.25, -0.2) is 13.4 Å². The normalized spacial score (nSPS) is 15.5. The minimum atomic E-state index is -3.64. The van der Waals surface area contributed by atoms with Crippen LogP contribution in [0.5, 0.6) is 0 Å². The molecule has 7 nitrogen and oxygen atoms in total. The molecule has 1 aliphatic heterocycles. The van der Waals surface area contributed by atoms with Crippen molar-refractivity contribution in [2.75, 3.05) is 26.2 Å². The number of rotatable bonds is 3. The zero-order valence-electron chi connectivity index (χ0n) is 14.8. The largest absolute Gasteiger partial charge is 0.336 e. The van der Waals surface area contributed by atoms with E-state index < -0.39 is 10.0 Å². The topological polar surface area (TPSA) is 94.4 Å². The Balaban J connectivity index is 1.46. The van der Waals surface area contributed by atoms with Gasteiger partial charge in [-0.1, -0.05) is 0 Å². The lowest BCUT2D eigenvalue weighted by molar-refractivity contribution is 0.0698. The molecule has 3 aromatic rings. The van der Waals surface area contributed by atoms with Crippen LogP contribution in [0.25, 0.3) is 10.2 Å². The van der Waals surface area contributed by atoms with Crippen LogP contribution in [0, 0.1) is 11.3 Å². The highest BCUT2D eigenvalue weighted by Crippen LogP contribution is 2.22. The quantitative estimate of drug-likeness (QED) is 0.658. The SMILES string of the molecule is N#Cc1ccc(S(=O)(=O)N2CCN(C(=O)c3ccc4ncsc4c3)CC2)cc1. The molecule has 1 aromatic heterocycles. The summed E-state index contributed by atoms with van der Waals surface area (Å²) in [5, 5.41) is 8.85. The molecule has 2 aromatic carbocycles. The van der Waals surface area contributed by atoms with Crippen LogP contribution in [0.3, 0.4) is 0 Å². The first-order valence-corrected chi connectivity index (χ1v) is 10.9. The van der Waals surface area contributed by atoms with Gasteiger partial charge in [0.15, 0.2) is 0 Å². The zero-order valence-corrected chi connectivity index (χ0v) is 16.4. The maximum atomic E-state index is 12.8. The third kappa shape index (κ3) is 3.38. The summed E-state index contributed by atoms with van der Waals surface area (Å²) in [5.41, 5.74) is 3.60. The molecular formula is C19H16N4O3S2. The molecule has 0 radical (unpaired) electrons. The Bertz CT molecular complexity index is 1170. The molecule has 0 bridgehead atoms. The number of carbonyl (C=O) groups excluding carboxylic acids is 1. The fraction of sp³-hybridized carbons (Fsp3) is 0.211. The number of benzene rings is 2. The molecule has 1 amide bonds. The van der Waals surface area contributed by atoms with E-state index in [1.165, 1.54) is 39.9 Å². The second kappa shape index (κ2) is 7.31. The molecule has 9 heteroatoms. The molecule has 0 unspecified atom stereocenters. The van der Waals surface area contributed by atoms with E-state index in [1.54, 1.807) is 16.5 Å². The number of sulfonamides is 1. The number of hydrogen-bond donors (Lipinski definition) is 0. The summed E-state index contributed by atoms with van der Waals surface area (Å²) in [6.45, 7) is 1.12. The number of thiazole rings is 1. The first-order valence-electron chi connectivity index (χ1n) is 8.62. The number of aromatic nitrogens is 1. The average Bonchev–Trinajstić information content (AvgIpc) is 3.21. The first kappa shape index (κ1) is 18.6. The van der Waals surface area contributed by atoms with Crippen LogP contribution in [0.15, 0.2) is 52.9 Å². The molecular weight excluding hydrogens is 396 g/mol. The summed E-state index contributed by atoms with van der Waals surface area (Å²) in [7, 11) is -3.64. The Morgan fingerprint density at radius 1 is 1.07 bits per heavy atom. The molecule has 2 heterocycles. The lowest BCUT2D eigenvalue weighted by Gasteiger charge is -2.34. The van der Waals surface area contributed by atoms with E-state index in [0.717, 1.165) is 10.2 Å². The summed E-state index contributed by atoms with van der Waals surface area (Å²) in [6, 6.07) is 13.2. The van der Waals surface area contributed by atoms with Gasteiger partial charge < -0.3 is 4.90 Å². The highest BCUT2D eigenvalue weighted by Gasteiger charge is 2.30. The first-order chi connectivity index (χ1) is 13.5. The molecule has 4 rings (SSSR count). The Kier molecular flexibility index (Phi) is 4.85. The van der Waals surface area contributed by atoms with Crippen LogP contribution in [0.1, 0.15) is 15.9 Å². The van der Waals surface area contributed by atoms with Crippen LogP contribution in [0.2, 0.25) is 0 Å². The Hall–Kier alpha value is -2.80. The van der Waals surface area contributed by atoms with Crippen molar-refractivity contribution in [1.29, 1.82) is 5.26 Å². The van der Waals surface area contributed by atoms with Crippen molar-refractivity contribution in [2.24, 2.45) is 0 Å². The lowest BCUT2D eigenvalue weighted by Crippen LogP contribution is -2.50. The predicted molar refractivity (Wildman–Crippen MR) is 105 cm³/mol. The Morgan fingerprint density at radius 2 is 1.79 bits per heavy atom. The minimum Gasteiger partial charge on any atom is -0.336 e. The van der Waals surface area contributed by atoms with Gasteiger partial charge in [-0.3, -0.25) is 4.79 Å². The molecule has 0 aliphatic carbocycles. The number of hydrogen-bond acceptors (Lipinski definition) is 6. The molecule has 1 aliphatic rings. The molecule has 1 fully saturated rings. The van der Waals surface area contributed by atoms with E-state index in [9.17, 15) is 13.2 Å². The van der Waals surface area contributed by atoms with Gasteiger partial charge in [-0.05, 0) is 42.5 Å². The standard InChI is InChI=1S/C19H16N4O3S2/c20-12-14-1-4-16(5-2-14)28(25,26)23-9-7-22(8-10-23)19(24)15-3-6-17-18(11-15)27-13-21-17/h1-6,11,13H,7-10H2. The van der Waals surface area contributed by atoms with Crippen molar-refractivity contribution in [3.63, 3.8) is 0 Å². The highest BCUT2D eigenvalue weighted by atomic mass is 32.2. The van der Waals surface area contributed by atoms with Crippen LogP contribution in [0.4, 0.5) is 0 Å². The van der Waals surface area contributed by atoms with Gasteiger partial charge in [0.25, 0.3) is 5.91 Å². The number of carbonyl (C=O) groups is 1. The number of nitrogens with zero attached hydrogens (tertiary/aromatic N) is 4. The van der Waals surface area contributed by atoms with Crippen molar-refractivity contribution in [2.45, 2.75) is 4.90 Å². The van der Waals surface area contributed by atoms with Gasteiger partial charge in [-0.15, -0.1) is 11.3 Å². The summed E-state index contributed by atoms with van der Waals surface area (Å²) in [6.07, 6.45) is 0. The third-order valence-electron chi connectivity index (χ3n) is 4.73. The summed E-state index contributed by atoms with van der Waals surface area (Å²) in [5.74, 6) is -0.106. The number of amides is 1. The molecule has 1 saturated heterocycles. The monoisotopic (exact) mass is 412 g/mol. The van der Waals surface area contributed by atoms with Crippen molar-refractivity contribution >= 4 is 37.5 Å². The van der Waals surface area contributed by atoms with E-state index in [-0.39, 0.29) is 23.9 Å². The second-order valence-corrected chi connectivity index (χ2v) is 9.19. The van der Waals surface area contributed by atoms with Gasteiger partial charge in [0.05, 0.1) is 32.3 Å². The van der Waals surface area contributed by atoms with E-state index in [1.807, 2.05) is 18.2 Å². The van der Waals surface area contributed by atoms with Crippen molar-refractivity contribution in [3.05, 3.63) is 59.1 Å². The van der Waals surface area contributed by atoms with Crippen molar-refractivity contribution in [1.82, 2.24) is 14.2 Å². The zero-order chi connectivity index (χ0) is 19.7. The van der Waals surface area contributed by atoms with Crippen LogP contribution < -0.4 is 0 Å². The van der Waals surface area contributed by atoms with E-state index in [4.69, 9.17) is 5.26 Å². The minimum absolute atomic E-state index is 0.106. The van der Waals surface area contributed by atoms with Gasteiger partial charge >= 0.3 is 0 Å². The predicted octanol–water partition coefficient (Wildman–Crippen LogP) is 2.31. The van der Waals surface area contributed by atoms with E-state index in [0.29, 0.717) is 24.2 Å². The van der Waals surface area contributed by atoms with Gasteiger partial charge in [0, 0.05) is 31.7 Å². The molecule has 0 N–H and O–H groups in total. The lowest BCUT2D eigenvalue weighted by atomic mass is 10.2. The Morgan fingerprint density at radius 3 is 2.46 bits per heavy atom. The van der Waals surface area contributed by atoms with Crippen LogP contribution in [-0.2, 0) is 10.0 Å². The summed E-state index contributed by atoms with van der Waals surface area (Å²) in [4.78, 5) is 18.8.